The fourth-order valence-electron chi connectivity index (χ4n) is 16.9. The van der Waals surface area contributed by atoms with Crippen molar-refractivity contribution in [2.24, 2.45) is 5.92 Å². The van der Waals surface area contributed by atoms with Gasteiger partial charge in [-0.2, -0.15) is 0 Å². The van der Waals surface area contributed by atoms with Crippen LogP contribution in [0.15, 0.2) is 0 Å². The molecule has 0 bridgehead atoms. The number of hydrogen-bond donors (Lipinski definition) is 31. The Kier molecular flexibility index (Phi) is 38.5. The number of rotatable bonds is 36. The lowest BCUT2D eigenvalue weighted by atomic mass is 9.87. The van der Waals surface area contributed by atoms with Crippen LogP contribution in [0.2, 0.25) is 0 Å². The highest BCUT2D eigenvalue weighted by Crippen LogP contribution is 2.43. The van der Waals surface area contributed by atoms with E-state index in [1.807, 2.05) is 0 Å². The van der Waals surface area contributed by atoms with Gasteiger partial charge in [-0.3, -0.25) is 24.0 Å². The second-order valence-corrected chi connectivity index (χ2v) is 33.0. The molecule has 56 heteroatoms. The van der Waals surface area contributed by atoms with E-state index in [0.717, 1.165) is 27.7 Å². The van der Waals surface area contributed by atoms with Gasteiger partial charge in [0, 0.05) is 33.6 Å². The van der Waals surface area contributed by atoms with Crippen molar-refractivity contribution in [3.8, 4) is 0 Å². The topological polar surface area (TPSA) is 864 Å². The monoisotopic (exact) mass is 1890 g/mol. The highest BCUT2D eigenvalue weighted by atomic mass is 16.9. The standard InChI is InChI=1S/C73H122N4O52/c1-19-25(91)7-73(112-18-86,129-57(19)40(93)26(92)8-78)111-17-35-44(97)51(104)55(108)69(121-35)124-60-32(14-84)119-67(39(49(60)102)77-24(6)90)128-64-53(106)43(96)29(11-81)116-72(64)126-62-45(98)34(120-70(56(62)109)125-61-33(15-85)117-65(37(47(61)100)75-22(4)88)122-58-30(12-82)113-20(2)36(46(58)99)74-21(3)87)16-110-71-63(52(105)42(95)28(10-80)115-71)127-66-38(76-23(5)89)48(101)59(31(13-83)118-66)123-68-54(107)50(103)41(94)27(9-79)114-68/h18-20,25-72,78-85,91-109H,7-17H2,1-6H3,(H,74,87)(H,75,88)(H,76,89)(H,77,90)/t19-,20+,25-,26-,27?,28?,29?,30?,31+,32?,33?,34?,35?,36?,37?,38?,39?,40?,41+,42-,43-,44+,45-,46-,47-,48?,49-,50+,51+,52+,53?,54?,55+,56?,57?,58-,59-,60-,61-,62+,63?,64?,65+,66+,67+,68+,69?,70+,71+,72-,73+/m1/s1. The number of nitrogens with one attached hydrogen (secondary N) is 4. The van der Waals surface area contributed by atoms with Gasteiger partial charge in [-0.15, -0.1) is 0 Å². The Balaban J connectivity index is 0.960. The summed E-state index contributed by atoms with van der Waals surface area (Å²) in [6, 6.07) is -7.14. The van der Waals surface area contributed by atoms with Gasteiger partial charge < -0.3 is 254 Å². The third-order valence-corrected chi connectivity index (χ3v) is 24.0. The summed E-state index contributed by atoms with van der Waals surface area (Å²) in [6.45, 7) is -4.53. The number of amides is 4. The van der Waals surface area contributed by atoms with E-state index in [2.05, 4.69) is 21.3 Å². The van der Waals surface area contributed by atoms with Gasteiger partial charge in [-0.1, -0.05) is 6.92 Å². The molecule has 129 heavy (non-hydrogen) atoms. The zero-order valence-corrected chi connectivity index (χ0v) is 70.0. The van der Waals surface area contributed by atoms with Crippen molar-refractivity contribution < 1.29 is 257 Å². The average molecular weight is 1890 g/mol. The summed E-state index contributed by atoms with van der Waals surface area (Å²) in [5.41, 5.74) is 0. The Morgan fingerprint density at radius 1 is 0.349 bits per heavy atom. The van der Waals surface area contributed by atoms with E-state index in [4.69, 9.17) is 94.7 Å². The summed E-state index contributed by atoms with van der Waals surface area (Å²) in [6.07, 6.45) is -94.0. The van der Waals surface area contributed by atoms with Crippen molar-refractivity contribution in [3.63, 3.8) is 0 Å². The van der Waals surface area contributed by atoms with E-state index in [0.29, 0.717) is 0 Å². The Morgan fingerprint density at radius 3 is 1.07 bits per heavy atom. The second-order valence-electron chi connectivity index (χ2n) is 33.0. The molecule has 0 spiro atoms. The summed E-state index contributed by atoms with van der Waals surface area (Å²) in [4.78, 5) is 63.5. The molecule has 746 valence electrons. The van der Waals surface area contributed by atoms with Crippen LogP contribution in [0.4, 0.5) is 0 Å². The first-order valence-electron chi connectivity index (χ1n) is 41.4. The van der Waals surface area contributed by atoms with Crippen LogP contribution in [0.1, 0.15) is 48.0 Å². The molecule has 10 fully saturated rings. The predicted molar refractivity (Wildman–Crippen MR) is 399 cm³/mol. The van der Waals surface area contributed by atoms with Crippen LogP contribution in [-0.2, 0) is 119 Å². The lowest BCUT2D eigenvalue weighted by Crippen LogP contribution is -2.71. The molecule has 0 aromatic heterocycles. The van der Waals surface area contributed by atoms with E-state index in [1.54, 1.807) is 0 Å². The Hall–Kier alpha value is -4.49. The zero-order valence-electron chi connectivity index (χ0n) is 70.0. The second kappa shape index (κ2) is 46.6. The van der Waals surface area contributed by atoms with Crippen molar-refractivity contribution in [1.29, 1.82) is 0 Å². The summed E-state index contributed by atoms with van der Waals surface area (Å²) < 4.78 is 119. The van der Waals surface area contributed by atoms with Crippen molar-refractivity contribution in [1.82, 2.24) is 21.3 Å². The van der Waals surface area contributed by atoms with Gasteiger partial charge in [-0.05, 0) is 6.92 Å². The van der Waals surface area contributed by atoms with Gasteiger partial charge in [-0.25, -0.2) is 0 Å². The zero-order chi connectivity index (χ0) is 95.1. The molecule has 21 unspecified atom stereocenters. The highest BCUT2D eigenvalue weighted by molar-refractivity contribution is 5.74. The number of ether oxygens (including phenoxy) is 20. The van der Waals surface area contributed by atoms with Crippen LogP contribution < -0.4 is 21.3 Å². The van der Waals surface area contributed by atoms with Gasteiger partial charge >= 0.3 is 5.97 Å². The van der Waals surface area contributed by atoms with E-state index in [9.17, 15) is 162 Å². The number of aliphatic hydroxyl groups is 27. The first-order valence-corrected chi connectivity index (χ1v) is 41.4. The Labute approximate surface area is 732 Å². The summed E-state index contributed by atoms with van der Waals surface area (Å²) in [7, 11) is 0. The number of carbonyl (C=O) groups is 5. The minimum Gasteiger partial charge on any atom is -0.410 e. The summed E-state index contributed by atoms with van der Waals surface area (Å²) in [5, 5.41) is 313. The number of carbonyl (C=O) groups excluding carboxylic acids is 5. The molecule has 0 aromatic rings. The molecule has 10 aliphatic heterocycles. The maximum absolute atomic E-state index is 13.2. The first-order chi connectivity index (χ1) is 61.0. The van der Waals surface area contributed by atoms with Gasteiger partial charge in [0.2, 0.25) is 23.6 Å². The average Bonchev–Trinajstić information content (AvgIpc) is 0.771. The first kappa shape index (κ1) is 107. The van der Waals surface area contributed by atoms with Crippen LogP contribution in [0.5, 0.6) is 0 Å². The van der Waals surface area contributed by atoms with E-state index >= 15 is 0 Å². The molecule has 10 rings (SSSR count). The molecule has 4 amide bonds. The van der Waals surface area contributed by atoms with Gasteiger partial charge in [0.1, 0.15) is 226 Å². The van der Waals surface area contributed by atoms with Crippen molar-refractivity contribution in [2.75, 3.05) is 66.1 Å². The number of aliphatic hydroxyl groups excluding tert-OH is 27. The van der Waals surface area contributed by atoms with Gasteiger partial charge in [0.15, 0.2) is 50.3 Å². The van der Waals surface area contributed by atoms with Crippen LogP contribution in [0.3, 0.4) is 0 Å². The third kappa shape index (κ3) is 23.9. The molecular formula is C73H122N4O52. The lowest BCUT2D eigenvalue weighted by Gasteiger charge is -2.51. The molecule has 31 N–H and O–H groups in total. The normalized spacial score (nSPS) is 48.1. The Morgan fingerprint density at radius 2 is 0.667 bits per heavy atom. The highest BCUT2D eigenvalue weighted by Gasteiger charge is 2.62. The molecule has 10 heterocycles. The van der Waals surface area contributed by atoms with Crippen LogP contribution >= 0.6 is 0 Å². The summed E-state index contributed by atoms with van der Waals surface area (Å²) >= 11 is 0. The lowest BCUT2D eigenvalue weighted by molar-refractivity contribution is -0.424. The maximum Gasteiger partial charge on any atom is 0.332 e. The fourth-order valence-corrected chi connectivity index (χ4v) is 16.9. The van der Waals surface area contributed by atoms with Crippen LogP contribution in [-0.4, -0.2) is 540 Å². The molecule has 0 radical (unpaired) electrons. The molecule has 10 saturated heterocycles. The number of hydrogen-bond acceptors (Lipinski definition) is 52. The summed E-state index contributed by atoms with van der Waals surface area (Å²) in [5.74, 6) is -7.27. The third-order valence-electron chi connectivity index (χ3n) is 24.0. The minimum atomic E-state index is -2.67. The quantitative estimate of drug-likeness (QED) is 0.0205. The van der Waals surface area contributed by atoms with Crippen molar-refractivity contribution in [3.05, 3.63) is 0 Å². The molecular weight excluding hydrogens is 1760 g/mol. The van der Waals surface area contributed by atoms with Gasteiger partial charge in [0.25, 0.3) is 6.47 Å². The molecule has 10 aliphatic rings. The molecule has 0 saturated carbocycles. The fraction of sp³-hybridized carbons (Fsp3) is 0.932. The molecule has 51 atom stereocenters. The van der Waals surface area contributed by atoms with Crippen molar-refractivity contribution in [2.45, 2.75) is 354 Å². The molecule has 56 nitrogen and oxygen atoms in total. The Bertz CT molecular complexity index is 3520. The molecule has 0 aromatic carbocycles. The van der Waals surface area contributed by atoms with E-state index in [1.165, 1.54) is 13.8 Å². The van der Waals surface area contributed by atoms with Gasteiger partial charge in [0.05, 0.1) is 96.8 Å². The van der Waals surface area contributed by atoms with Crippen molar-refractivity contribution >= 4 is 30.1 Å². The van der Waals surface area contributed by atoms with Crippen LogP contribution in [0.25, 0.3) is 0 Å². The SMILES string of the molecule is CC(=O)NC1C(O)[C@H](O[C@@H]2OC(CO)[C@H](O)[C@H](O)C2O)[C@H](CO)O[C@H]1OC1[C@@H](OCC2O[C@@H](O[C@@H]3C(CO)O[C@@H](O[C@@H]4C(CO)O[C@@H](C)C(NC(C)=O)[C@H]4O)C(NC(C)=O)[C@H]3O)C(O)[C@@H](O[C@H]3OC(CO)[C@@H](O)C(O)C3O[C@@H]3OC(CO)[C@@H](OC4OC(CO[C@]5(OC=O)C[C@@H](O)[C@@H](C)C(C(O)[C@H](O)CO)O5)[C@H](O)[C@H](O)[C@@H]4O)[C@H](O)C3NC(C)=O)[C@@H]2O)OC(CO)[C@@H](O)[C@@H]1O. The molecule has 0 aliphatic carbocycles. The largest absolute Gasteiger partial charge is 0.410 e. The van der Waals surface area contributed by atoms with E-state index < -0.39 is 408 Å². The van der Waals surface area contributed by atoms with Crippen LogP contribution in [0, 0.1) is 5.92 Å². The predicted octanol–water partition coefficient (Wildman–Crippen LogP) is -20.6. The maximum atomic E-state index is 13.2. The smallest absolute Gasteiger partial charge is 0.332 e. The van der Waals surface area contributed by atoms with E-state index in [-0.39, 0.29) is 6.47 Å². The minimum absolute atomic E-state index is 0.197.